The Bertz CT molecular complexity index is 3200. The van der Waals surface area contributed by atoms with Crippen LogP contribution in [0, 0.1) is 0 Å². The van der Waals surface area contributed by atoms with Gasteiger partial charge < -0.3 is 9.13 Å². The molecule has 0 atom stereocenters. The number of hydrogen-bond donors (Lipinski definition) is 0. The molecule has 9 aromatic carbocycles. The highest BCUT2D eigenvalue weighted by atomic mass is 15.0. The molecule has 54 heavy (non-hydrogen) atoms. The van der Waals surface area contributed by atoms with Crippen molar-refractivity contribution >= 4 is 54.4 Å². The number of aromatic nitrogens is 2. The maximum atomic E-state index is 2.45. The first kappa shape index (κ1) is 30.5. The molecule has 11 rings (SSSR count). The van der Waals surface area contributed by atoms with E-state index in [-0.39, 0.29) is 0 Å². The number of hydrogen-bond acceptors (Lipinski definition) is 0. The van der Waals surface area contributed by atoms with Gasteiger partial charge in [-0.05, 0) is 87.8 Å². The Balaban J connectivity index is 1.14. The van der Waals surface area contributed by atoms with Gasteiger partial charge in [0.2, 0.25) is 0 Å². The molecule has 2 aromatic heterocycles. The Morgan fingerprint density at radius 2 is 0.685 bits per heavy atom. The summed E-state index contributed by atoms with van der Waals surface area (Å²) in [4.78, 5) is 0. The number of rotatable bonds is 5. The van der Waals surface area contributed by atoms with Gasteiger partial charge in [-0.3, -0.25) is 0 Å². The van der Waals surface area contributed by atoms with Crippen molar-refractivity contribution in [3.8, 4) is 44.8 Å². The van der Waals surface area contributed by atoms with E-state index in [1.54, 1.807) is 0 Å². The zero-order valence-corrected chi connectivity index (χ0v) is 29.5. The third kappa shape index (κ3) is 4.74. The molecule has 2 nitrogen and oxygen atoms in total. The minimum absolute atomic E-state index is 1.17. The number of nitrogens with zero attached hydrogens (tertiary/aromatic N) is 2. The molecule has 0 N–H and O–H groups in total. The van der Waals surface area contributed by atoms with Crippen molar-refractivity contribution in [2.45, 2.75) is 0 Å². The molecule has 0 aliphatic rings. The minimum Gasteiger partial charge on any atom is -0.309 e. The lowest BCUT2D eigenvalue weighted by Crippen LogP contribution is -1.97. The summed E-state index contributed by atoms with van der Waals surface area (Å²) in [5.74, 6) is 0. The molecule has 11 aromatic rings. The highest BCUT2D eigenvalue weighted by Gasteiger charge is 2.19. The average molecular weight is 687 g/mol. The molecule has 0 spiro atoms. The smallest absolute Gasteiger partial charge is 0.0541 e. The maximum Gasteiger partial charge on any atom is 0.0541 e. The highest BCUT2D eigenvalue weighted by molar-refractivity contribution is 6.14. The second-order valence-electron chi connectivity index (χ2n) is 14.1. The lowest BCUT2D eigenvalue weighted by Gasteiger charge is -2.14. The van der Waals surface area contributed by atoms with Crippen molar-refractivity contribution in [3.63, 3.8) is 0 Å². The van der Waals surface area contributed by atoms with Crippen LogP contribution in [0.1, 0.15) is 0 Å². The van der Waals surface area contributed by atoms with Gasteiger partial charge in [-0.2, -0.15) is 0 Å². The van der Waals surface area contributed by atoms with E-state index in [4.69, 9.17) is 0 Å². The van der Waals surface area contributed by atoms with E-state index in [9.17, 15) is 0 Å². The predicted octanol–water partition coefficient (Wildman–Crippen LogP) is 14.0. The maximum absolute atomic E-state index is 2.45. The van der Waals surface area contributed by atoms with Crippen molar-refractivity contribution in [3.05, 3.63) is 206 Å². The SMILES string of the molecule is c1ccc(-c2ccc3c(c2)c2cc(-c4ccc5c(c4)c4ccccc4n5-c4cccc5ccccc45)ccc2n3-c2ccccc2-c2ccccc2)cc1. The fraction of sp³-hybridized carbons (Fsp3) is 0. The van der Waals surface area contributed by atoms with Gasteiger partial charge in [-0.25, -0.2) is 0 Å². The van der Waals surface area contributed by atoms with Crippen LogP contribution < -0.4 is 0 Å². The van der Waals surface area contributed by atoms with E-state index in [1.165, 1.54) is 99.1 Å². The van der Waals surface area contributed by atoms with Crippen LogP contribution in [0.15, 0.2) is 206 Å². The van der Waals surface area contributed by atoms with E-state index >= 15 is 0 Å². The Labute approximate surface area is 313 Å². The summed E-state index contributed by atoms with van der Waals surface area (Å²) in [6, 6.07) is 75.2. The summed E-state index contributed by atoms with van der Waals surface area (Å²) in [5, 5.41) is 7.47. The van der Waals surface area contributed by atoms with Gasteiger partial charge in [-0.1, -0.05) is 152 Å². The molecule has 252 valence electrons. The van der Waals surface area contributed by atoms with E-state index < -0.39 is 0 Å². The molecule has 0 unspecified atom stereocenters. The third-order valence-electron chi connectivity index (χ3n) is 11.1. The monoisotopic (exact) mass is 686 g/mol. The second-order valence-corrected chi connectivity index (χ2v) is 14.1. The third-order valence-corrected chi connectivity index (χ3v) is 11.1. The van der Waals surface area contributed by atoms with Crippen molar-refractivity contribution in [2.24, 2.45) is 0 Å². The van der Waals surface area contributed by atoms with Crippen LogP contribution in [-0.4, -0.2) is 9.13 Å². The quantitative estimate of drug-likeness (QED) is 0.171. The van der Waals surface area contributed by atoms with E-state index in [2.05, 4.69) is 215 Å². The van der Waals surface area contributed by atoms with Gasteiger partial charge >= 0.3 is 0 Å². The van der Waals surface area contributed by atoms with Crippen LogP contribution in [0.2, 0.25) is 0 Å². The topological polar surface area (TPSA) is 9.86 Å². The van der Waals surface area contributed by atoms with Gasteiger partial charge in [0.1, 0.15) is 0 Å². The molecule has 0 aliphatic carbocycles. The first-order valence-corrected chi connectivity index (χ1v) is 18.6. The van der Waals surface area contributed by atoms with Crippen LogP contribution in [-0.2, 0) is 0 Å². The fourth-order valence-corrected chi connectivity index (χ4v) is 8.62. The molecular formula is C52H34N2. The Morgan fingerprint density at radius 3 is 1.37 bits per heavy atom. The molecule has 2 heteroatoms. The van der Waals surface area contributed by atoms with Crippen LogP contribution in [0.5, 0.6) is 0 Å². The first-order chi connectivity index (χ1) is 26.8. The van der Waals surface area contributed by atoms with Gasteiger partial charge in [0.15, 0.2) is 0 Å². The van der Waals surface area contributed by atoms with Crippen molar-refractivity contribution < 1.29 is 0 Å². The molecular weight excluding hydrogens is 653 g/mol. The summed E-state index contributed by atoms with van der Waals surface area (Å²) < 4.78 is 4.88. The average Bonchev–Trinajstić information content (AvgIpc) is 3.75. The first-order valence-electron chi connectivity index (χ1n) is 18.6. The van der Waals surface area contributed by atoms with Gasteiger partial charge in [0, 0.05) is 32.5 Å². The second kappa shape index (κ2) is 12.2. The summed E-state index contributed by atoms with van der Waals surface area (Å²) in [5.41, 5.74) is 14.4. The van der Waals surface area contributed by atoms with Crippen molar-refractivity contribution in [1.29, 1.82) is 0 Å². The van der Waals surface area contributed by atoms with Gasteiger partial charge in [0.05, 0.1) is 33.4 Å². The molecule has 0 fully saturated rings. The number of para-hydroxylation sites is 2. The summed E-state index contributed by atoms with van der Waals surface area (Å²) in [6.07, 6.45) is 0. The molecule has 0 saturated carbocycles. The zero-order chi connectivity index (χ0) is 35.6. The summed E-state index contributed by atoms with van der Waals surface area (Å²) >= 11 is 0. The molecule has 2 heterocycles. The molecule has 0 bridgehead atoms. The van der Waals surface area contributed by atoms with Gasteiger partial charge in [-0.15, -0.1) is 0 Å². The fourth-order valence-electron chi connectivity index (χ4n) is 8.62. The molecule has 0 aliphatic heterocycles. The van der Waals surface area contributed by atoms with Gasteiger partial charge in [0.25, 0.3) is 0 Å². The van der Waals surface area contributed by atoms with Crippen molar-refractivity contribution in [2.75, 3.05) is 0 Å². The number of benzene rings is 9. The Morgan fingerprint density at radius 1 is 0.241 bits per heavy atom. The van der Waals surface area contributed by atoms with Crippen LogP contribution in [0.25, 0.3) is 99.1 Å². The van der Waals surface area contributed by atoms with E-state index in [1.807, 2.05) is 0 Å². The van der Waals surface area contributed by atoms with E-state index in [0.717, 1.165) is 0 Å². The molecule has 0 radical (unpaired) electrons. The number of fused-ring (bicyclic) bond motifs is 7. The standard InChI is InChI=1S/C52H34N2/c1-3-14-35(15-4-1)38-26-29-51-45(32-38)46-34-40(28-31-52(46)54(51)47-23-11-9-21-41(47)36-16-5-2-6-17-36)39-27-30-50-44(33-39)43-22-10-12-24-49(43)53(50)48-25-13-19-37-18-7-8-20-42(37)48/h1-34H. The van der Waals surface area contributed by atoms with Crippen LogP contribution in [0.4, 0.5) is 0 Å². The summed E-state index contributed by atoms with van der Waals surface area (Å²) in [6.45, 7) is 0. The normalized spacial score (nSPS) is 11.7. The minimum atomic E-state index is 1.17. The Hall–Kier alpha value is -7.16. The lowest BCUT2D eigenvalue weighted by molar-refractivity contribution is 1.18. The predicted molar refractivity (Wildman–Crippen MR) is 229 cm³/mol. The van der Waals surface area contributed by atoms with Crippen molar-refractivity contribution in [1.82, 2.24) is 9.13 Å². The summed E-state index contributed by atoms with van der Waals surface area (Å²) in [7, 11) is 0. The van der Waals surface area contributed by atoms with E-state index in [0.29, 0.717) is 0 Å². The highest BCUT2D eigenvalue weighted by Crippen LogP contribution is 2.41. The molecule has 0 saturated heterocycles. The lowest BCUT2D eigenvalue weighted by atomic mass is 9.99. The zero-order valence-electron chi connectivity index (χ0n) is 29.5. The van der Waals surface area contributed by atoms with Crippen LogP contribution in [0.3, 0.4) is 0 Å². The largest absolute Gasteiger partial charge is 0.309 e. The molecule has 0 amide bonds. The van der Waals surface area contributed by atoms with Crippen LogP contribution >= 0.6 is 0 Å². The Kier molecular flexibility index (Phi) is 6.90.